The number of benzene rings is 2. The number of ketones is 2. The van der Waals surface area contributed by atoms with Gasteiger partial charge in [-0.3, -0.25) is 9.59 Å². The molecule has 6 nitrogen and oxygen atoms in total. The van der Waals surface area contributed by atoms with Crippen LogP contribution in [0.4, 0.5) is 20.2 Å². The van der Waals surface area contributed by atoms with Gasteiger partial charge in [0.2, 0.25) is 0 Å². The number of aliphatic hydroxyl groups is 2. The van der Waals surface area contributed by atoms with Gasteiger partial charge in [0.1, 0.15) is 17.4 Å². The summed E-state index contributed by atoms with van der Waals surface area (Å²) in [6.45, 7) is 9.25. The predicted octanol–water partition coefficient (Wildman–Crippen LogP) is 12.5. The number of anilines is 2. The van der Waals surface area contributed by atoms with Crippen molar-refractivity contribution in [2.45, 2.75) is 162 Å². The Morgan fingerprint density at radius 2 is 1.02 bits per heavy atom. The highest BCUT2D eigenvalue weighted by atomic mass is 79.9. The number of alkyl halides is 1. The van der Waals surface area contributed by atoms with E-state index in [1.54, 1.807) is 12.1 Å². The molecule has 0 heterocycles. The number of hydrogen-bond acceptors (Lipinski definition) is 6. The van der Waals surface area contributed by atoms with Crippen LogP contribution in [0.1, 0.15) is 151 Å². The monoisotopic (exact) mass is 962 g/mol. The van der Waals surface area contributed by atoms with Crippen LogP contribution < -0.4 is 11.1 Å². The lowest BCUT2D eigenvalue weighted by molar-refractivity contribution is -0.131. The van der Waals surface area contributed by atoms with Crippen LogP contribution >= 0.6 is 15.9 Å². The molecule has 3 radical (unpaired) electrons. The SMILES string of the molecule is C.C[C@@]1(O)CC[C@H]2[C@H](CC[C@@H]3[C@@H]2CC[C@]2(C)[C@@H](C(=O)CBr)CC[C@@H]32)C1.C[C@@]1(O)CC[C@H]2[C@H](CC[C@@H]3[C@@H]2CC[C@]2(C)[C@@H](C(=O)CNc4ccc(F)cc4)CC[C@@H]32)C1.Nc1ccc(F)cc1.[B]. The third-order valence-corrected chi connectivity index (χ3v) is 20.1. The van der Waals surface area contributed by atoms with Gasteiger partial charge >= 0.3 is 0 Å². The molecule has 0 saturated heterocycles. The van der Waals surface area contributed by atoms with Crippen LogP contribution in [0.2, 0.25) is 0 Å². The predicted molar refractivity (Wildman–Crippen MR) is 264 cm³/mol. The summed E-state index contributed by atoms with van der Waals surface area (Å²) in [5.41, 5.74) is 6.18. The first kappa shape index (κ1) is 52.1. The maximum Gasteiger partial charge on any atom is 0.155 e. The highest BCUT2D eigenvalue weighted by molar-refractivity contribution is 9.09. The van der Waals surface area contributed by atoms with Crippen LogP contribution in [0.25, 0.3) is 0 Å². The smallest absolute Gasteiger partial charge is 0.155 e. The van der Waals surface area contributed by atoms with E-state index in [-0.39, 0.29) is 44.2 Å². The first-order valence-corrected chi connectivity index (χ1v) is 26.1. The molecule has 0 bridgehead atoms. The third-order valence-electron chi connectivity index (χ3n) is 19.6. The van der Waals surface area contributed by atoms with Crippen molar-refractivity contribution in [3.8, 4) is 0 Å². The number of Topliss-reactive ketones (excluding diaryl/α,β-unsaturated/α-hetero) is 2. The fraction of sp³-hybridized carbons (Fsp3) is 0.745. The molecule has 5 N–H and O–H groups in total. The Balaban J connectivity index is 0.000000183. The number of nitrogen functional groups attached to an aromatic ring is 1. The van der Waals surface area contributed by atoms with Crippen LogP contribution in [-0.4, -0.2) is 53.3 Å². The van der Waals surface area contributed by atoms with Gasteiger partial charge in [0.25, 0.3) is 0 Å². The topological polar surface area (TPSA) is 113 Å². The van der Waals surface area contributed by atoms with Gasteiger partial charge in [-0.2, -0.15) is 0 Å². The van der Waals surface area contributed by atoms with E-state index in [1.165, 1.54) is 113 Å². The zero-order valence-electron chi connectivity index (χ0n) is 39.2. The molecule has 2 aromatic rings. The second-order valence-corrected chi connectivity index (χ2v) is 23.7. The highest BCUT2D eigenvalue weighted by Crippen LogP contribution is 2.66. The Kier molecular flexibility index (Phi) is 16.6. The zero-order valence-corrected chi connectivity index (χ0v) is 40.8. The van der Waals surface area contributed by atoms with Gasteiger partial charge in [-0.05, 0) is 248 Å². The molecular weight excluding hydrogens is 881 g/mol. The number of hydrogen-bond donors (Lipinski definition) is 4. The van der Waals surface area contributed by atoms with E-state index >= 15 is 0 Å². The minimum absolute atomic E-state index is 0. The Hall–Kier alpha value is -2.30. The minimum Gasteiger partial charge on any atom is -0.399 e. The van der Waals surface area contributed by atoms with Crippen molar-refractivity contribution in [3.05, 3.63) is 60.2 Å². The standard InChI is InChI=1S/C27H38FNO2.C21H33BrO2.C6H6FN.CH4.B/c1-26(31)13-11-20-17(15-26)3-8-22-21(20)12-14-27(2)23(22)9-10-24(27)25(30)16-29-19-6-4-18(28)5-7-19;1-20(24)9-7-14-13(11-20)3-4-16-15(14)8-10-21(2)17(16)5-6-18(21)19(23)12-22;7-5-1-3-6(8)4-2-5;;/h4-7,17,20-24,29,31H,3,8-16H2,1-2H3;13-18,24H,3-12H2,1-2H3;1-4H,8H2;1H4;/t17-,20+,21-,22-,23+,24-,26-,27+;13-,14+,15-,16-,17+,18-,20-,21+;;;/m11.../s1. The molecule has 359 valence electrons. The average Bonchev–Trinajstić information content (AvgIpc) is 3.80. The minimum atomic E-state index is -0.459. The molecule has 0 aromatic heterocycles. The fourth-order valence-corrected chi connectivity index (χ4v) is 17.0. The summed E-state index contributed by atoms with van der Waals surface area (Å²) in [4.78, 5) is 25.7. The van der Waals surface area contributed by atoms with Crippen LogP contribution in [-0.2, 0) is 9.59 Å². The Morgan fingerprint density at radius 1 is 0.600 bits per heavy atom. The molecule has 0 amide bonds. The summed E-state index contributed by atoms with van der Waals surface area (Å²) in [6.07, 6.45) is 21.2. The number of carbonyl (C=O) groups is 2. The number of fused-ring (bicyclic) bond motifs is 10. The van der Waals surface area contributed by atoms with Gasteiger partial charge in [0, 0.05) is 31.6 Å². The second kappa shape index (κ2) is 20.7. The number of rotatable bonds is 6. The van der Waals surface area contributed by atoms with Gasteiger partial charge < -0.3 is 21.3 Å². The maximum absolute atomic E-state index is 13.2. The number of nitrogens with one attached hydrogen (secondary N) is 1. The zero-order chi connectivity index (χ0) is 44.9. The van der Waals surface area contributed by atoms with Crippen LogP contribution in [0, 0.1) is 93.5 Å². The van der Waals surface area contributed by atoms with Crippen LogP contribution in [0.15, 0.2) is 48.5 Å². The van der Waals surface area contributed by atoms with Gasteiger partial charge in [-0.15, -0.1) is 0 Å². The number of nitrogens with two attached hydrogens (primary N) is 1. The quantitative estimate of drug-likeness (QED) is 0.130. The molecule has 0 spiro atoms. The molecule has 2 aromatic carbocycles. The Morgan fingerprint density at radius 3 is 1.45 bits per heavy atom. The summed E-state index contributed by atoms with van der Waals surface area (Å²) < 4.78 is 25.2. The van der Waals surface area contributed by atoms with Crippen molar-refractivity contribution in [1.82, 2.24) is 0 Å². The molecule has 10 heteroatoms. The lowest BCUT2D eigenvalue weighted by Gasteiger charge is -2.56. The van der Waals surface area contributed by atoms with E-state index in [1.807, 2.05) is 13.8 Å². The van der Waals surface area contributed by atoms with E-state index in [9.17, 15) is 28.6 Å². The van der Waals surface area contributed by atoms with Crippen molar-refractivity contribution in [2.24, 2.45) is 81.8 Å². The van der Waals surface area contributed by atoms with Crippen molar-refractivity contribution in [2.75, 3.05) is 22.9 Å². The largest absolute Gasteiger partial charge is 0.399 e. The van der Waals surface area contributed by atoms with E-state index in [2.05, 4.69) is 35.1 Å². The van der Waals surface area contributed by atoms with E-state index in [0.717, 1.165) is 91.6 Å². The first-order chi connectivity index (χ1) is 29.9. The first-order valence-electron chi connectivity index (χ1n) is 25.0. The molecule has 65 heavy (non-hydrogen) atoms. The summed E-state index contributed by atoms with van der Waals surface area (Å²) in [5.74, 6) is 8.55. The van der Waals surface area contributed by atoms with E-state index in [4.69, 9.17) is 5.73 Å². The van der Waals surface area contributed by atoms with Crippen molar-refractivity contribution < 1.29 is 28.6 Å². The molecule has 16 atom stereocenters. The molecular formula is C55H81BBrF2N2O4. The van der Waals surface area contributed by atoms with Crippen molar-refractivity contribution in [1.29, 1.82) is 0 Å². The molecule has 10 rings (SSSR count). The average molecular weight is 963 g/mol. The maximum atomic E-state index is 13.2. The van der Waals surface area contributed by atoms with E-state index in [0.29, 0.717) is 46.9 Å². The molecule has 0 unspecified atom stereocenters. The molecule has 8 aliphatic rings. The van der Waals surface area contributed by atoms with Crippen LogP contribution in [0.5, 0.6) is 0 Å². The number of carbonyl (C=O) groups excluding carboxylic acids is 2. The third kappa shape index (κ3) is 10.8. The lowest BCUT2D eigenvalue weighted by Crippen LogP contribution is -2.51. The summed E-state index contributed by atoms with van der Waals surface area (Å²) in [7, 11) is 0. The molecule has 8 fully saturated rings. The van der Waals surface area contributed by atoms with Gasteiger partial charge in [-0.1, -0.05) is 37.2 Å². The fourth-order valence-electron chi connectivity index (χ4n) is 16.7. The summed E-state index contributed by atoms with van der Waals surface area (Å²) in [5, 5.41) is 24.8. The van der Waals surface area contributed by atoms with E-state index < -0.39 is 11.2 Å². The molecule has 0 aliphatic heterocycles. The van der Waals surface area contributed by atoms with Crippen molar-refractivity contribution in [3.63, 3.8) is 0 Å². The Bertz CT molecular complexity index is 1890. The van der Waals surface area contributed by atoms with Gasteiger partial charge in [-0.25, -0.2) is 8.78 Å². The Labute approximate surface area is 400 Å². The van der Waals surface area contributed by atoms with Gasteiger partial charge in [0.15, 0.2) is 5.78 Å². The lowest BCUT2D eigenvalue weighted by atomic mass is 9.49. The summed E-state index contributed by atoms with van der Waals surface area (Å²) in [6, 6.07) is 12.0. The highest BCUT2D eigenvalue weighted by Gasteiger charge is 2.60. The summed E-state index contributed by atoms with van der Waals surface area (Å²) >= 11 is 3.42. The van der Waals surface area contributed by atoms with Crippen molar-refractivity contribution >= 4 is 47.3 Å². The molecule has 8 saturated carbocycles. The normalized spacial score (nSPS) is 42.0. The number of halogens is 3. The second-order valence-electron chi connectivity index (χ2n) is 23.2. The van der Waals surface area contributed by atoms with Gasteiger partial charge in [0.05, 0.1) is 23.1 Å². The molecule has 8 aliphatic carbocycles. The van der Waals surface area contributed by atoms with Crippen LogP contribution in [0.3, 0.4) is 0 Å².